The van der Waals surface area contributed by atoms with E-state index in [1.807, 2.05) is 12.1 Å². The molecule has 2 N–H and O–H groups in total. The maximum Gasteiger partial charge on any atom is 0.333 e. The molecule has 36 heavy (non-hydrogen) atoms. The number of morpholine rings is 2. The van der Waals surface area contributed by atoms with E-state index in [0.29, 0.717) is 90.4 Å². The highest BCUT2D eigenvalue weighted by Gasteiger charge is 2.42. The maximum atomic E-state index is 13.6. The van der Waals surface area contributed by atoms with E-state index >= 15 is 0 Å². The molecular formula is C24H24N6O5S. The number of azo groups is 1. The number of rotatable bonds is 4. The summed E-state index contributed by atoms with van der Waals surface area (Å²) >= 11 is 1.30. The van der Waals surface area contributed by atoms with Crippen LogP contribution in [0.25, 0.3) is 5.70 Å². The van der Waals surface area contributed by atoms with Gasteiger partial charge in [-0.1, -0.05) is 12.1 Å². The second kappa shape index (κ2) is 9.54. The molecule has 2 aromatic rings. The number of thiophene rings is 1. The van der Waals surface area contributed by atoms with Crippen LogP contribution in [0, 0.1) is 0 Å². The molecule has 2 saturated heterocycles. The summed E-state index contributed by atoms with van der Waals surface area (Å²) in [5.74, 6) is -0.267. The minimum Gasteiger partial charge on any atom is -0.379 e. The molecule has 1 unspecified atom stereocenters. The number of nitrogens with zero attached hydrogens (tertiary/aromatic N) is 4. The SMILES string of the molecule is O=C(Nc1cccc2c1C(=O)C1=C(c3ccc(C(=O)N4CCOCC4)s3)N=NC12)NN1CCOCC1. The molecule has 2 fully saturated rings. The van der Waals surface area contributed by atoms with Crippen LogP contribution in [0.1, 0.15) is 36.5 Å². The van der Waals surface area contributed by atoms with Gasteiger partial charge in [0.25, 0.3) is 5.91 Å². The van der Waals surface area contributed by atoms with Crippen LogP contribution in [0.3, 0.4) is 0 Å². The fourth-order valence-corrected chi connectivity index (χ4v) is 5.72. The van der Waals surface area contributed by atoms with Gasteiger partial charge in [-0.15, -0.1) is 11.3 Å². The van der Waals surface area contributed by atoms with Gasteiger partial charge in [0, 0.05) is 26.2 Å². The molecule has 1 aromatic heterocycles. The van der Waals surface area contributed by atoms with E-state index in [4.69, 9.17) is 9.47 Å². The lowest BCUT2D eigenvalue weighted by molar-refractivity contribution is 0.0207. The third-order valence-corrected chi connectivity index (χ3v) is 7.61. The summed E-state index contributed by atoms with van der Waals surface area (Å²) in [6.45, 7) is 4.46. The van der Waals surface area contributed by atoms with Crippen LogP contribution in [0.2, 0.25) is 0 Å². The zero-order chi connectivity index (χ0) is 24.6. The first-order chi connectivity index (χ1) is 17.6. The zero-order valence-corrected chi connectivity index (χ0v) is 20.2. The van der Waals surface area contributed by atoms with Gasteiger partial charge in [0.2, 0.25) is 0 Å². The standard InChI is InChI=1S/C24H24N6O5S/c31-22-18-14(2-1-3-15(18)25-24(33)28-30-8-12-35-13-9-30)20-19(22)21(27-26-20)16-4-5-17(36-16)23(32)29-6-10-34-11-7-29/h1-5,20H,6-13H2,(H2,25,28,33). The van der Waals surface area contributed by atoms with E-state index in [1.54, 1.807) is 28.1 Å². The van der Waals surface area contributed by atoms with Gasteiger partial charge in [0.15, 0.2) is 5.78 Å². The first kappa shape index (κ1) is 23.0. The van der Waals surface area contributed by atoms with E-state index in [9.17, 15) is 14.4 Å². The van der Waals surface area contributed by atoms with Gasteiger partial charge in [-0.05, 0) is 23.8 Å². The molecule has 1 aromatic carbocycles. The Morgan fingerprint density at radius 3 is 2.53 bits per heavy atom. The molecule has 6 rings (SSSR count). The van der Waals surface area contributed by atoms with Crippen LogP contribution in [0.4, 0.5) is 10.5 Å². The Bertz CT molecular complexity index is 1290. The summed E-state index contributed by atoms with van der Waals surface area (Å²) in [5, 5.41) is 13.3. The summed E-state index contributed by atoms with van der Waals surface area (Å²) in [7, 11) is 0. The predicted octanol–water partition coefficient (Wildman–Crippen LogP) is 2.70. The molecule has 12 heteroatoms. The minimum atomic E-state index is -0.521. The van der Waals surface area contributed by atoms with Crippen molar-refractivity contribution in [3.8, 4) is 0 Å². The van der Waals surface area contributed by atoms with E-state index < -0.39 is 12.1 Å². The van der Waals surface area contributed by atoms with Crippen LogP contribution in [0.15, 0.2) is 46.1 Å². The summed E-state index contributed by atoms with van der Waals surface area (Å²) < 4.78 is 10.6. The van der Waals surface area contributed by atoms with Gasteiger partial charge in [-0.25, -0.2) is 9.80 Å². The summed E-state index contributed by atoms with van der Waals surface area (Å²) in [4.78, 5) is 42.1. The van der Waals surface area contributed by atoms with Crippen LogP contribution in [-0.4, -0.2) is 80.2 Å². The average molecular weight is 509 g/mol. The maximum absolute atomic E-state index is 13.6. The molecule has 0 saturated carbocycles. The third kappa shape index (κ3) is 4.11. The van der Waals surface area contributed by atoms with E-state index in [2.05, 4.69) is 21.0 Å². The van der Waals surface area contributed by atoms with Crippen molar-refractivity contribution in [2.75, 3.05) is 57.9 Å². The van der Waals surface area contributed by atoms with Gasteiger partial charge in [-0.3, -0.25) is 15.0 Å². The molecule has 4 heterocycles. The van der Waals surface area contributed by atoms with Gasteiger partial charge < -0.3 is 19.7 Å². The van der Waals surface area contributed by atoms with Crippen LogP contribution in [-0.2, 0) is 9.47 Å². The number of benzene rings is 1. The molecule has 0 radical (unpaired) electrons. The number of ether oxygens (including phenoxy) is 2. The smallest absolute Gasteiger partial charge is 0.333 e. The quantitative estimate of drug-likeness (QED) is 0.654. The molecule has 1 aliphatic carbocycles. The topological polar surface area (TPSA) is 125 Å². The number of fused-ring (bicyclic) bond motifs is 3. The van der Waals surface area contributed by atoms with Crippen molar-refractivity contribution in [2.45, 2.75) is 6.04 Å². The normalized spacial score (nSPS) is 21.5. The van der Waals surface area contributed by atoms with Crippen molar-refractivity contribution >= 4 is 40.4 Å². The lowest BCUT2D eigenvalue weighted by Crippen LogP contribution is -2.49. The molecule has 3 amide bonds. The van der Waals surface area contributed by atoms with Crippen molar-refractivity contribution in [3.63, 3.8) is 0 Å². The Kier molecular flexibility index (Phi) is 6.09. The number of anilines is 1. The van der Waals surface area contributed by atoms with Gasteiger partial charge in [-0.2, -0.15) is 10.2 Å². The summed E-state index contributed by atoms with van der Waals surface area (Å²) in [6.07, 6.45) is 0. The summed E-state index contributed by atoms with van der Waals surface area (Å²) in [6, 6.07) is 7.97. The van der Waals surface area contributed by atoms with Crippen molar-refractivity contribution in [1.82, 2.24) is 15.3 Å². The molecule has 4 aliphatic rings. The van der Waals surface area contributed by atoms with Crippen molar-refractivity contribution in [3.05, 3.63) is 56.8 Å². The fourth-order valence-electron chi connectivity index (χ4n) is 4.75. The van der Waals surface area contributed by atoms with Gasteiger partial charge >= 0.3 is 6.03 Å². The first-order valence-corrected chi connectivity index (χ1v) is 12.6. The number of carbonyl (C=O) groups is 3. The molecular weight excluding hydrogens is 484 g/mol. The third-order valence-electron chi connectivity index (χ3n) is 6.53. The zero-order valence-electron chi connectivity index (χ0n) is 19.4. The predicted molar refractivity (Wildman–Crippen MR) is 131 cm³/mol. The number of Topliss-reactive ketones (excluding diaryl/α,β-unsaturated/α-hetero) is 1. The number of carbonyl (C=O) groups excluding carboxylic acids is 3. The van der Waals surface area contributed by atoms with Crippen LogP contribution < -0.4 is 10.7 Å². The highest BCUT2D eigenvalue weighted by Crippen LogP contribution is 2.49. The molecule has 3 aliphatic heterocycles. The van der Waals surface area contributed by atoms with Crippen LogP contribution >= 0.6 is 11.3 Å². The number of hydrazine groups is 1. The molecule has 1 atom stereocenters. The Morgan fingerprint density at radius 1 is 1.00 bits per heavy atom. The molecule has 0 bridgehead atoms. The molecule has 0 spiro atoms. The average Bonchev–Trinajstić information content (AvgIpc) is 3.62. The van der Waals surface area contributed by atoms with Gasteiger partial charge in [0.1, 0.15) is 11.7 Å². The van der Waals surface area contributed by atoms with Crippen molar-refractivity contribution < 1.29 is 23.9 Å². The number of hydrogen-bond donors (Lipinski definition) is 2. The lowest BCUT2D eigenvalue weighted by Gasteiger charge is -2.27. The first-order valence-electron chi connectivity index (χ1n) is 11.8. The highest BCUT2D eigenvalue weighted by atomic mass is 32.1. The van der Waals surface area contributed by atoms with E-state index in [-0.39, 0.29) is 11.7 Å². The largest absolute Gasteiger partial charge is 0.379 e. The van der Waals surface area contributed by atoms with Crippen LogP contribution in [0.5, 0.6) is 0 Å². The summed E-state index contributed by atoms with van der Waals surface area (Å²) in [5.41, 5.74) is 5.30. The number of amides is 3. The number of hydrogen-bond acceptors (Lipinski definition) is 9. The lowest BCUT2D eigenvalue weighted by atomic mass is 10.1. The Balaban J connectivity index is 1.24. The Labute approximate surface area is 210 Å². The second-order valence-electron chi connectivity index (χ2n) is 8.71. The van der Waals surface area contributed by atoms with E-state index in [0.717, 1.165) is 0 Å². The monoisotopic (exact) mass is 508 g/mol. The van der Waals surface area contributed by atoms with Gasteiger partial charge in [0.05, 0.1) is 53.0 Å². The molecule has 186 valence electrons. The Hall–Kier alpha value is -3.45. The second-order valence-corrected chi connectivity index (χ2v) is 9.80. The fraction of sp³-hybridized carbons (Fsp3) is 0.375. The highest BCUT2D eigenvalue weighted by molar-refractivity contribution is 7.15. The Morgan fingerprint density at radius 2 is 1.75 bits per heavy atom. The van der Waals surface area contributed by atoms with Crippen molar-refractivity contribution in [1.29, 1.82) is 0 Å². The molecule has 11 nitrogen and oxygen atoms in total. The van der Waals surface area contributed by atoms with Crippen molar-refractivity contribution in [2.24, 2.45) is 10.2 Å². The number of urea groups is 1. The number of nitrogens with one attached hydrogen (secondary N) is 2. The van der Waals surface area contributed by atoms with E-state index in [1.165, 1.54) is 11.3 Å². The minimum absolute atomic E-state index is 0.0505. The number of ketones is 1.